The smallest absolute Gasteiger partial charge is 0.251 e. The van der Waals surface area contributed by atoms with Gasteiger partial charge in [-0.3, -0.25) is 4.79 Å². The topological polar surface area (TPSA) is 51.2 Å². The number of rotatable bonds is 3. The lowest BCUT2D eigenvalue weighted by atomic mass is 9.87. The van der Waals surface area contributed by atoms with Crippen LogP contribution in [0.5, 0.6) is 0 Å². The van der Waals surface area contributed by atoms with Crippen LogP contribution in [-0.4, -0.2) is 24.6 Å². The summed E-state index contributed by atoms with van der Waals surface area (Å²) in [5.41, 5.74) is 1.84. The maximum Gasteiger partial charge on any atom is 0.251 e. The molecule has 1 N–H and O–H groups in total. The van der Waals surface area contributed by atoms with Crippen molar-refractivity contribution in [3.63, 3.8) is 0 Å². The molecule has 1 heterocycles. The highest BCUT2D eigenvalue weighted by Gasteiger charge is 2.20. The second-order valence-electron chi connectivity index (χ2n) is 5.08. The van der Waals surface area contributed by atoms with Gasteiger partial charge in [-0.15, -0.1) is 0 Å². The Morgan fingerprint density at radius 2 is 2.06 bits per heavy atom. The van der Waals surface area contributed by atoms with E-state index in [9.17, 15) is 4.79 Å². The molecule has 4 nitrogen and oxygen atoms in total. The molecule has 0 fully saturated rings. The van der Waals surface area contributed by atoms with E-state index in [0.717, 1.165) is 11.3 Å². The first-order valence-electron chi connectivity index (χ1n) is 5.61. The van der Waals surface area contributed by atoms with E-state index in [0.29, 0.717) is 5.82 Å². The van der Waals surface area contributed by atoms with Crippen molar-refractivity contribution >= 4 is 11.7 Å². The summed E-state index contributed by atoms with van der Waals surface area (Å²) in [6.07, 6.45) is 0. The van der Waals surface area contributed by atoms with Gasteiger partial charge in [-0.05, 0) is 18.4 Å². The van der Waals surface area contributed by atoms with E-state index < -0.39 is 0 Å². The summed E-state index contributed by atoms with van der Waals surface area (Å²) >= 11 is 0. The van der Waals surface area contributed by atoms with Crippen molar-refractivity contribution in [1.82, 2.24) is 4.98 Å². The molecule has 0 aliphatic heterocycles. The number of nitrogens with one attached hydrogen (secondary N) is 1. The highest BCUT2D eigenvalue weighted by atomic mass is 16.5. The van der Waals surface area contributed by atoms with Crippen molar-refractivity contribution < 1.29 is 9.53 Å². The van der Waals surface area contributed by atoms with E-state index in [4.69, 9.17) is 4.74 Å². The fraction of sp³-hybridized carbons (Fsp3) is 0.538. The summed E-state index contributed by atoms with van der Waals surface area (Å²) < 4.78 is 4.79. The fourth-order valence-electron chi connectivity index (χ4n) is 1.56. The molecule has 17 heavy (non-hydrogen) atoms. The average molecular weight is 236 g/mol. The molecule has 1 aromatic heterocycles. The molecule has 0 aliphatic rings. The van der Waals surface area contributed by atoms with Gasteiger partial charge in [0.1, 0.15) is 12.4 Å². The van der Waals surface area contributed by atoms with E-state index in [2.05, 4.69) is 31.1 Å². The van der Waals surface area contributed by atoms with Crippen LogP contribution in [-0.2, 0) is 14.9 Å². The Morgan fingerprint density at radius 3 is 2.59 bits per heavy atom. The van der Waals surface area contributed by atoms with Gasteiger partial charge < -0.3 is 10.1 Å². The Balaban J connectivity index is 3.04. The molecule has 94 valence electrons. The van der Waals surface area contributed by atoms with Gasteiger partial charge in [-0.2, -0.15) is 0 Å². The second-order valence-corrected chi connectivity index (χ2v) is 5.08. The zero-order valence-electron chi connectivity index (χ0n) is 11.1. The first kappa shape index (κ1) is 13.6. The third-order valence-electron chi connectivity index (χ3n) is 2.38. The summed E-state index contributed by atoms with van der Waals surface area (Å²) in [5.74, 6) is 0.440. The third kappa shape index (κ3) is 3.82. The minimum Gasteiger partial charge on any atom is -0.375 e. The SMILES string of the molecule is COCC(=O)Nc1nc(C)ccc1C(C)(C)C. The van der Waals surface area contributed by atoms with E-state index in [1.807, 2.05) is 19.1 Å². The molecular weight excluding hydrogens is 216 g/mol. The third-order valence-corrected chi connectivity index (χ3v) is 2.38. The fourth-order valence-corrected chi connectivity index (χ4v) is 1.56. The van der Waals surface area contributed by atoms with Gasteiger partial charge in [-0.1, -0.05) is 26.8 Å². The Morgan fingerprint density at radius 1 is 1.41 bits per heavy atom. The maximum absolute atomic E-state index is 11.5. The lowest BCUT2D eigenvalue weighted by molar-refractivity contribution is -0.119. The quantitative estimate of drug-likeness (QED) is 0.876. The van der Waals surface area contributed by atoms with Gasteiger partial charge in [0.2, 0.25) is 0 Å². The van der Waals surface area contributed by atoms with Crippen LogP contribution in [0, 0.1) is 6.92 Å². The van der Waals surface area contributed by atoms with Gasteiger partial charge in [0.15, 0.2) is 0 Å². The molecule has 1 rings (SSSR count). The number of aromatic nitrogens is 1. The Labute approximate surface area is 102 Å². The monoisotopic (exact) mass is 236 g/mol. The molecule has 1 amide bonds. The van der Waals surface area contributed by atoms with Crippen LogP contribution in [0.4, 0.5) is 5.82 Å². The summed E-state index contributed by atoms with van der Waals surface area (Å²) in [6, 6.07) is 3.96. The van der Waals surface area contributed by atoms with Crippen molar-refractivity contribution in [3.8, 4) is 0 Å². The van der Waals surface area contributed by atoms with Crippen LogP contribution in [0.15, 0.2) is 12.1 Å². The Kier molecular flexibility index (Phi) is 4.23. The average Bonchev–Trinajstić information content (AvgIpc) is 2.15. The molecule has 0 saturated carbocycles. The van der Waals surface area contributed by atoms with E-state index >= 15 is 0 Å². The van der Waals surface area contributed by atoms with Crippen molar-refractivity contribution in [2.75, 3.05) is 19.0 Å². The normalized spacial score (nSPS) is 11.4. The predicted molar refractivity (Wildman–Crippen MR) is 68.2 cm³/mol. The molecule has 0 saturated heterocycles. The highest BCUT2D eigenvalue weighted by molar-refractivity contribution is 5.91. The molecule has 1 aromatic rings. The van der Waals surface area contributed by atoms with Gasteiger partial charge in [0.25, 0.3) is 5.91 Å². The van der Waals surface area contributed by atoms with Gasteiger partial charge in [0.05, 0.1) is 0 Å². The van der Waals surface area contributed by atoms with E-state index in [1.165, 1.54) is 7.11 Å². The lowest BCUT2D eigenvalue weighted by Crippen LogP contribution is -2.22. The molecule has 0 aliphatic carbocycles. The van der Waals surface area contributed by atoms with Crippen molar-refractivity contribution in [2.24, 2.45) is 0 Å². The first-order chi connectivity index (χ1) is 7.84. The second kappa shape index (κ2) is 5.27. The number of carbonyl (C=O) groups excluding carboxylic acids is 1. The summed E-state index contributed by atoms with van der Waals surface area (Å²) in [7, 11) is 1.49. The van der Waals surface area contributed by atoms with Gasteiger partial charge in [-0.25, -0.2) is 4.98 Å². The zero-order chi connectivity index (χ0) is 13.1. The molecule has 0 unspecified atom stereocenters. The number of methoxy groups -OCH3 is 1. The summed E-state index contributed by atoms with van der Waals surface area (Å²) in [5, 5.41) is 2.78. The van der Waals surface area contributed by atoms with Crippen LogP contribution in [0.25, 0.3) is 0 Å². The van der Waals surface area contributed by atoms with E-state index in [1.54, 1.807) is 0 Å². The number of carbonyl (C=O) groups is 1. The van der Waals surface area contributed by atoms with Crippen LogP contribution >= 0.6 is 0 Å². The molecule has 0 spiro atoms. The lowest BCUT2D eigenvalue weighted by Gasteiger charge is -2.22. The van der Waals surface area contributed by atoms with Crippen molar-refractivity contribution in [3.05, 3.63) is 23.4 Å². The van der Waals surface area contributed by atoms with Crippen molar-refractivity contribution in [2.45, 2.75) is 33.1 Å². The number of hydrogen-bond donors (Lipinski definition) is 1. The number of amides is 1. The molecule has 0 atom stereocenters. The number of aryl methyl sites for hydroxylation is 1. The summed E-state index contributed by atoms with van der Waals surface area (Å²) in [4.78, 5) is 15.9. The largest absolute Gasteiger partial charge is 0.375 e. The number of pyridine rings is 1. The molecule has 0 radical (unpaired) electrons. The standard InChI is InChI=1S/C13H20N2O2/c1-9-6-7-10(13(2,3)4)12(14-9)15-11(16)8-17-5/h6-7H,8H2,1-5H3,(H,14,15,16). The number of hydrogen-bond acceptors (Lipinski definition) is 3. The summed E-state index contributed by atoms with van der Waals surface area (Å²) in [6.45, 7) is 8.21. The van der Waals surface area contributed by atoms with Gasteiger partial charge >= 0.3 is 0 Å². The maximum atomic E-state index is 11.5. The predicted octanol–water partition coefficient (Wildman–Crippen LogP) is 2.27. The van der Waals surface area contributed by atoms with E-state index in [-0.39, 0.29) is 17.9 Å². The minimum absolute atomic E-state index is 0.0409. The highest BCUT2D eigenvalue weighted by Crippen LogP contribution is 2.28. The van der Waals surface area contributed by atoms with Crippen LogP contribution in [0.2, 0.25) is 0 Å². The Bertz CT molecular complexity index is 408. The molecular formula is C13H20N2O2. The van der Waals surface area contributed by atoms with Crippen LogP contribution < -0.4 is 5.32 Å². The first-order valence-corrected chi connectivity index (χ1v) is 5.61. The Hall–Kier alpha value is -1.42. The molecule has 0 aromatic carbocycles. The molecule has 4 heteroatoms. The molecule has 0 bridgehead atoms. The van der Waals surface area contributed by atoms with Crippen LogP contribution in [0.3, 0.4) is 0 Å². The van der Waals surface area contributed by atoms with Crippen LogP contribution in [0.1, 0.15) is 32.0 Å². The zero-order valence-corrected chi connectivity index (χ0v) is 11.1. The number of ether oxygens (including phenoxy) is 1. The van der Waals surface area contributed by atoms with Gasteiger partial charge in [0, 0.05) is 18.4 Å². The number of nitrogens with zero attached hydrogens (tertiary/aromatic N) is 1. The van der Waals surface area contributed by atoms with Crippen molar-refractivity contribution in [1.29, 1.82) is 0 Å². The number of anilines is 1. The minimum atomic E-state index is -0.184.